The normalized spacial score (nSPS) is 19.2. The number of rotatable bonds is 5. The van der Waals surface area contributed by atoms with Gasteiger partial charge in [0.05, 0.1) is 11.8 Å². The van der Waals surface area contributed by atoms with Gasteiger partial charge in [0, 0.05) is 31.7 Å². The fourth-order valence-electron chi connectivity index (χ4n) is 3.80. The van der Waals surface area contributed by atoms with E-state index in [1.54, 1.807) is 0 Å². The Balaban J connectivity index is 1.64. The molecule has 3 aromatic heterocycles. The number of aromatic nitrogens is 6. The van der Waals surface area contributed by atoms with Gasteiger partial charge in [0.2, 0.25) is 5.88 Å². The van der Waals surface area contributed by atoms with E-state index in [1.165, 1.54) is 6.33 Å². The van der Waals surface area contributed by atoms with Crippen molar-refractivity contribution in [3.8, 4) is 17.3 Å². The van der Waals surface area contributed by atoms with Crippen LogP contribution in [0.1, 0.15) is 31.9 Å². The average Bonchev–Trinajstić information content (AvgIpc) is 3.33. The number of carboxylic acid groups (broad SMARTS) is 1. The van der Waals surface area contributed by atoms with Gasteiger partial charge in [-0.3, -0.25) is 4.68 Å². The quantitative estimate of drug-likeness (QED) is 0.690. The van der Waals surface area contributed by atoms with Crippen LogP contribution in [0.3, 0.4) is 0 Å². The van der Waals surface area contributed by atoms with Crippen molar-refractivity contribution in [2.45, 2.75) is 51.8 Å². The standard InChI is InChI=1S/C18H23N7O3/c1-4-25-10(2)13(8-21-25)15-23-14-16(24(15)3)19-9-20-17(14)28-12-6-5-11(7-12)22-18(26)27/h8-9,11-12,22H,4-7H2,1-3H3,(H,26,27). The van der Waals surface area contributed by atoms with Gasteiger partial charge in [-0.15, -0.1) is 0 Å². The van der Waals surface area contributed by atoms with Gasteiger partial charge in [0.1, 0.15) is 18.3 Å². The molecule has 3 aromatic rings. The van der Waals surface area contributed by atoms with Crippen molar-refractivity contribution in [2.24, 2.45) is 7.05 Å². The number of aryl methyl sites for hydroxylation is 2. The molecule has 0 saturated heterocycles. The van der Waals surface area contributed by atoms with E-state index in [0.717, 1.165) is 36.5 Å². The largest absolute Gasteiger partial charge is 0.473 e. The summed E-state index contributed by atoms with van der Waals surface area (Å²) in [6, 6.07) is -0.0957. The number of amides is 1. The lowest BCUT2D eigenvalue weighted by molar-refractivity contribution is 0.184. The summed E-state index contributed by atoms with van der Waals surface area (Å²) in [5.41, 5.74) is 3.26. The van der Waals surface area contributed by atoms with Crippen molar-refractivity contribution in [3.05, 3.63) is 18.2 Å². The van der Waals surface area contributed by atoms with Crippen LogP contribution >= 0.6 is 0 Å². The van der Waals surface area contributed by atoms with E-state index in [4.69, 9.17) is 14.8 Å². The fourth-order valence-corrected chi connectivity index (χ4v) is 3.80. The number of fused-ring (bicyclic) bond motifs is 1. The van der Waals surface area contributed by atoms with Gasteiger partial charge >= 0.3 is 6.09 Å². The first kappa shape index (κ1) is 18.2. The SMILES string of the molecule is CCn1ncc(-c2nc3c(OC4CCC(NC(=O)O)C4)ncnc3n2C)c1C. The zero-order chi connectivity index (χ0) is 19.8. The second kappa shape index (κ2) is 7.10. The predicted octanol–water partition coefficient (Wildman–Crippen LogP) is 2.12. The third-order valence-electron chi connectivity index (χ3n) is 5.26. The summed E-state index contributed by atoms with van der Waals surface area (Å²) < 4.78 is 9.92. The van der Waals surface area contributed by atoms with Crippen LogP contribution in [0.5, 0.6) is 5.88 Å². The van der Waals surface area contributed by atoms with E-state index < -0.39 is 6.09 Å². The van der Waals surface area contributed by atoms with Crippen molar-refractivity contribution in [3.63, 3.8) is 0 Å². The van der Waals surface area contributed by atoms with E-state index in [2.05, 4.69) is 20.4 Å². The molecule has 0 aromatic carbocycles. The summed E-state index contributed by atoms with van der Waals surface area (Å²) >= 11 is 0. The Morgan fingerprint density at radius 3 is 2.93 bits per heavy atom. The molecule has 28 heavy (non-hydrogen) atoms. The molecular formula is C18H23N7O3. The van der Waals surface area contributed by atoms with Crippen molar-refractivity contribution in [2.75, 3.05) is 0 Å². The molecule has 1 saturated carbocycles. The smallest absolute Gasteiger partial charge is 0.404 e. The molecule has 148 valence electrons. The number of hydrogen-bond acceptors (Lipinski definition) is 6. The van der Waals surface area contributed by atoms with Gasteiger partial charge < -0.3 is 19.7 Å². The maximum Gasteiger partial charge on any atom is 0.404 e. The molecule has 1 fully saturated rings. The van der Waals surface area contributed by atoms with Crippen LogP contribution in [0, 0.1) is 6.92 Å². The number of imidazole rings is 1. The summed E-state index contributed by atoms with van der Waals surface area (Å²) in [5, 5.41) is 15.8. The van der Waals surface area contributed by atoms with Crippen molar-refractivity contribution < 1.29 is 14.6 Å². The number of nitrogens with one attached hydrogen (secondary N) is 1. The number of ether oxygens (including phenoxy) is 1. The lowest BCUT2D eigenvalue weighted by atomic mass is 10.2. The molecule has 2 atom stereocenters. The highest BCUT2D eigenvalue weighted by Crippen LogP contribution is 2.31. The average molecular weight is 385 g/mol. The van der Waals surface area contributed by atoms with E-state index in [0.29, 0.717) is 23.5 Å². The van der Waals surface area contributed by atoms with Gasteiger partial charge in [-0.2, -0.15) is 10.1 Å². The van der Waals surface area contributed by atoms with Gasteiger partial charge in [-0.05, 0) is 26.7 Å². The van der Waals surface area contributed by atoms with Gasteiger partial charge in [0.25, 0.3) is 0 Å². The van der Waals surface area contributed by atoms with E-state index in [1.807, 2.05) is 36.3 Å². The third kappa shape index (κ3) is 3.14. The van der Waals surface area contributed by atoms with Crippen LogP contribution in [-0.2, 0) is 13.6 Å². The molecule has 0 radical (unpaired) electrons. The number of carbonyl (C=O) groups is 1. The first-order valence-corrected chi connectivity index (χ1v) is 9.34. The van der Waals surface area contributed by atoms with Crippen LogP contribution in [0.15, 0.2) is 12.5 Å². The predicted molar refractivity (Wildman–Crippen MR) is 101 cm³/mol. The van der Waals surface area contributed by atoms with Crippen molar-refractivity contribution in [1.29, 1.82) is 0 Å². The molecule has 3 heterocycles. The van der Waals surface area contributed by atoms with Crippen LogP contribution in [0.2, 0.25) is 0 Å². The molecule has 0 bridgehead atoms. The van der Waals surface area contributed by atoms with Crippen LogP contribution in [0.4, 0.5) is 4.79 Å². The lowest BCUT2D eigenvalue weighted by Gasteiger charge is -2.13. The minimum atomic E-state index is -1.01. The summed E-state index contributed by atoms with van der Waals surface area (Å²) in [6.07, 6.45) is 4.28. The molecule has 1 amide bonds. The molecule has 1 aliphatic rings. The maximum atomic E-state index is 10.8. The number of hydrogen-bond donors (Lipinski definition) is 2. The second-order valence-electron chi connectivity index (χ2n) is 7.00. The van der Waals surface area contributed by atoms with Gasteiger partial charge in [-0.1, -0.05) is 0 Å². The Labute approximate surface area is 161 Å². The van der Waals surface area contributed by atoms with Gasteiger partial charge in [0.15, 0.2) is 11.2 Å². The zero-order valence-corrected chi connectivity index (χ0v) is 16.1. The molecule has 2 N–H and O–H groups in total. The second-order valence-corrected chi connectivity index (χ2v) is 7.00. The lowest BCUT2D eigenvalue weighted by Crippen LogP contribution is -2.32. The summed E-state index contributed by atoms with van der Waals surface area (Å²) in [6.45, 7) is 4.85. The highest BCUT2D eigenvalue weighted by Gasteiger charge is 2.29. The molecule has 4 rings (SSSR count). The first-order chi connectivity index (χ1) is 13.5. The Kier molecular flexibility index (Phi) is 4.62. The zero-order valence-electron chi connectivity index (χ0n) is 16.1. The summed E-state index contributed by atoms with van der Waals surface area (Å²) in [7, 11) is 1.91. The Hall–Kier alpha value is -3.17. The third-order valence-corrected chi connectivity index (χ3v) is 5.26. The first-order valence-electron chi connectivity index (χ1n) is 9.34. The Morgan fingerprint density at radius 2 is 2.21 bits per heavy atom. The number of nitrogens with zero attached hydrogens (tertiary/aromatic N) is 6. The fraction of sp³-hybridized carbons (Fsp3) is 0.500. The highest BCUT2D eigenvalue weighted by atomic mass is 16.5. The Morgan fingerprint density at radius 1 is 1.39 bits per heavy atom. The summed E-state index contributed by atoms with van der Waals surface area (Å²) in [4.78, 5) is 24.2. The summed E-state index contributed by atoms with van der Waals surface area (Å²) in [5.74, 6) is 1.18. The molecule has 1 aliphatic carbocycles. The van der Waals surface area contributed by atoms with Gasteiger partial charge in [-0.25, -0.2) is 14.8 Å². The van der Waals surface area contributed by atoms with Crippen LogP contribution < -0.4 is 10.1 Å². The molecule has 0 spiro atoms. The van der Waals surface area contributed by atoms with Crippen LogP contribution in [0.25, 0.3) is 22.6 Å². The van der Waals surface area contributed by atoms with Crippen molar-refractivity contribution >= 4 is 17.3 Å². The molecule has 0 aliphatic heterocycles. The topological polar surface area (TPSA) is 120 Å². The molecular weight excluding hydrogens is 362 g/mol. The Bertz CT molecular complexity index is 1030. The van der Waals surface area contributed by atoms with Crippen molar-refractivity contribution in [1.82, 2.24) is 34.6 Å². The van der Waals surface area contributed by atoms with E-state index in [-0.39, 0.29) is 12.1 Å². The highest BCUT2D eigenvalue weighted by molar-refractivity contribution is 5.81. The minimum absolute atomic E-state index is 0.0957. The van der Waals surface area contributed by atoms with E-state index in [9.17, 15) is 4.79 Å². The minimum Gasteiger partial charge on any atom is -0.473 e. The monoisotopic (exact) mass is 385 g/mol. The van der Waals surface area contributed by atoms with Crippen LogP contribution in [-0.4, -0.2) is 52.6 Å². The molecule has 2 unspecified atom stereocenters. The van der Waals surface area contributed by atoms with E-state index >= 15 is 0 Å². The molecule has 10 heteroatoms. The maximum absolute atomic E-state index is 10.8. The molecule has 10 nitrogen and oxygen atoms in total.